The van der Waals surface area contributed by atoms with Gasteiger partial charge in [-0.1, -0.05) is 25.1 Å². The Morgan fingerprint density at radius 3 is 2.36 bits per heavy atom. The van der Waals surface area contributed by atoms with Gasteiger partial charge in [0.25, 0.3) is 5.91 Å². The number of carbonyl (C=O) groups is 1. The minimum atomic E-state index is -3.56. The summed E-state index contributed by atoms with van der Waals surface area (Å²) < 4.78 is 25.5. The normalized spacial score (nSPS) is 16.1. The number of rotatable bonds is 5. The van der Waals surface area contributed by atoms with Crippen molar-refractivity contribution in [3.63, 3.8) is 0 Å². The molecule has 0 N–H and O–H groups in total. The average Bonchev–Trinajstić information content (AvgIpc) is 3.14. The van der Waals surface area contributed by atoms with Crippen LogP contribution >= 0.6 is 11.3 Å². The second-order valence-corrected chi connectivity index (χ2v) is 9.33. The van der Waals surface area contributed by atoms with E-state index in [1.54, 1.807) is 36.4 Å². The monoisotopic (exact) mass is 378 g/mol. The number of hydrogen-bond donors (Lipinski definition) is 0. The third-order valence-electron chi connectivity index (χ3n) is 4.31. The predicted octanol–water partition coefficient (Wildman–Crippen LogP) is 2.75. The molecule has 2 aromatic rings. The van der Waals surface area contributed by atoms with E-state index >= 15 is 0 Å². The van der Waals surface area contributed by atoms with E-state index in [-0.39, 0.29) is 15.0 Å². The average molecular weight is 379 g/mol. The van der Waals surface area contributed by atoms with Crippen LogP contribution in [0.2, 0.25) is 0 Å². The molecule has 0 saturated carbocycles. The Morgan fingerprint density at radius 1 is 1.04 bits per heavy atom. The fourth-order valence-corrected chi connectivity index (χ4v) is 5.64. The largest absolute Gasteiger partial charge is 0.335 e. The van der Waals surface area contributed by atoms with Crippen LogP contribution in [-0.2, 0) is 9.84 Å². The number of piperazine rings is 1. The van der Waals surface area contributed by atoms with Crippen molar-refractivity contribution in [3.05, 3.63) is 47.3 Å². The van der Waals surface area contributed by atoms with Crippen LogP contribution in [0.4, 0.5) is 0 Å². The first-order chi connectivity index (χ1) is 12.0. The van der Waals surface area contributed by atoms with E-state index in [0.29, 0.717) is 18.0 Å². The number of carbonyl (C=O) groups excluding carboxylic acids is 1. The summed E-state index contributed by atoms with van der Waals surface area (Å²) in [7, 11) is -3.56. The summed E-state index contributed by atoms with van der Waals surface area (Å²) in [4.78, 5) is 17.6. The molecule has 1 amide bonds. The van der Waals surface area contributed by atoms with Gasteiger partial charge in [0.1, 0.15) is 4.21 Å². The first-order valence-corrected chi connectivity index (χ1v) is 10.7. The molecule has 1 fully saturated rings. The molecule has 0 aliphatic carbocycles. The molecular weight excluding hydrogens is 356 g/mol. The zero-order chi connectivity index (χ0) is 17.9. The molecule has 134 valence electrons. The van der Waals surface area contributed by atoms with Crippen molar-refractivity contribution in [3.8, 4) is 0 Å². The van der Waals surface area contributed by atoms with Crippen molar-refractivity contribution in [2.24, 2.45) is 0 Å². The van der Waals surface area contributed by atoms with E-state index in [0.717, 1.165) is 37.4 Å². The maximum atomic E-state index is 12.7. The molecule has 0 radical (unpaired) electrons. The van der Waals surface area contributed by atoms with Gasteiger partial charge in [0.05, 0.1) is 9.77 Å². The number of thiophene rings is 1. The van der Waals surface area contributed by atoms with Crippen LogP contribution in [0.1, 0.15) is 23.0 Å². The molecule has 25 heavy (non-hydrogen) atoms. The highest BCUT2D eigenvalue weighted by atomic mass is 32.2. The number of nitrogens with zero attached hydrogens (tertiary/aromatic N) is 2. The van der Waals surface area contributed by atoms with Crippen molar-refractivity contribution >= 4 is 27.1 Å². The molecule has 1 aromatic heterocycles. The van der Waals surface area contributed by atoms with Gasteiger partial charge in [-0.25, -0.2) is 8.42 Å². The van der Waals surface area contributed by atoms with E-state index < -0.39 is 9.84 Å². The lowest BCUT2D eigenvalue weighted by Gasteiger charge is -2.34. The van der Waals surface area contributed by atoms with Gasteiger partial charge in [0.15, 0.2) is 0 Å². The number of sulfone groups is 1. The molecule has 1 aliphatic heterocycles. The third kappa shape index (κ3) is 3.94. The standard InChI is InChI=1S/C18H22N2O3S2/c1-2-10-19-11-13-20(14-12-19)18(21)16-8-9-17(24-16)25(22,23)15-6-4-3-5-7-15/h3-9H,2,10-14H2,1H3. The van der Waals surface area contributed by atoms with Gasteiger partial charge < -0.3 is 4.90 Å². The molecular formula is C18H22N2O3S2. The van der Waals surface area contributed by atoms with Crippen LogP contribution in [0.25, 0.3) is 0 Å². The van der Waals surface area contributed by atoms with Gasteiger partial charge in [-0.05, 0) is 37.2 Å². The zero-order valence-electron chi connectivity index (χ0n) is 14.2. The highest BCUT2D eigenvalue weighted by molar-refractivity contribution is 7.93. The Labute approximate surface area is 152 Å². The van der Waals surface area contributed by atoms with Crippen molar-refractivity contribution in [2.75, 3.05) is 32.7 Å². The van der Waals surface area contributed by atoms with E-state index in [1.807, 2.05) is 4.90 Å². The predicted molar refractivity (Wildman–Crippen MR) is 98.8 cm³/mol. The molecule has 3 rings (SSSR count). The molecule has 0 atom stereocenters. The Kier molecular flexibility index (Phi) is 5.56. The second kappa shape index (κ2) is 7.68. The van der Waals surface area contributed by atoms with Gasteiger partial charge in [-0.2, -0.15) is 0 Å². The molecule has 1 aliphatic rings. The highest BCUT2D eigenvalue weighted by Gasteiger charge is 2.25. The topological polar surface area (TPSA) is 57.7 Å². The number of amides is 1. The SMILES string of the molecule is CCCN1CCN(C(=O)c2ccc(S(=O)(=O)c3ccccc3)s2)CC1. The van der Waals surface area contributed by atoms with Crippen molar-refractivity contribution < 1.29 is 13.2 Å². The fourth-order valence-electron chi connectivity index (χ4n) is 2.94. The fraction of sp³-hybridized carbons (Fsp3) is 0.389. The van der Waals surface area contributed by atoms with Crippen LogP contribution in [0.3, 0.4) is 0 Å². The van der Waals surface area contributed by atoms with Crippen LogP contribution in [0.15, 0.2) is 51.6 Å². The van der Waals surface area contributed by atoms with Gasteiger partial charge in [-0.15, -0.1) is 11.3 Å². The van der Waals surface area contributed by atoms with Crippen LogP contribution < -0.4 is 0 Å². The second-order valence-electron chi connectivity index (χ2n) is 6.07. The Balaban J connectivity index is 1.73. The minimum Gasteiger partial charge on any atom is -0.335 e. The first-order valence-electron chi connectivity index (χ1n) is 8.44. The first kappa shape index (κ1) is 18.1. The van der Waals surface area contributed by atoms with E-state index in [2.05, 4.69) is 11.8 Å². The summed E-state index contributed by atoms with van der Waals surface area (Å²) in [5.74, 6) is -0.0735. The summed E-state index contributed by atoms with van der Waals surface area (Å²) in [6.45, 7) is 6.34. The smallest absolute Gasteiger partial charge is 0.264 e. The van der Waals surface area contributed by atoms with Crippen LogP contribution in [-0.4, -0.2) is 56.8 Å². The zero-order valence-corrected chi connectivity index (χ0v) is 15.9. The van der Waals surface area contributed by atoms with Crippen molar-refractivity contribution in [1.82, 2.24) is 9.80 Å². The molecule has 5 nitrogen and oxygen atoms in total. The lowest BCUT2D eigenvalue weighted by Crippen LogP contribution is -2.48. The quantitative estimate of drug-likeness (QED) is 0.803. The molecule has 7 heteroatoms. The maximum absolute atomic E-state index is 12.7. The van der Waals surface area contributed by atoms with E-state index in [1.165, 1.54) is 6.07 Å². The maximum Gasteiger partial charge on any atom is 0.264 e. The number of hydrogen-bond acceptors (Lipinski definition) is 5. The van der Waals surface area contributed by atoms with Gasteiger partial charge in [0.2, 0.25) is 9.84 Å². The third-order valence-corrected chi connectivity index (χ3v) is 7.64. The van der Waals surface area contributed by atoms with E-state index in [4.69, 9.17) is 0 Å². The summed E-state index contributed by atoms with van der Waals surface area (Å²) in [6.07, 6.45) is 1.11. The van der Waals surface area contributed by atoms with Gasteiger partial charge >= 0.3 is 0 Å². The molecule has 0 spiro atoms. The van der Waals surface area contributed by atoms with Gasteiger partial charge in [-0.3, -0.25) is 9.69 Å². The van der Waals surface area contributed by atoms with Crippen LogP contribution in [0, 0.1) is 0 Å². The lowest BCUT2D eigenvalue weighted by atomic mass is 10.3. The molecule has 1 saturated heterocycles. The highest BCUT2D eigenvalue weighted by Crippen LogP contribution is 2.28. The summed E-state index contributed by atoms with van der Waals surface area (Å²) in [5, 5.41) is 0. The minimum absolute atomic E-state index is 0.0735. The summed E-state index contributed by atoms with van der Waals surface area (Å²) in [6, 6.07) is 11.5. The lowest BCUT2D eigenvalue weighted by molar-refractivity contribution is 0.0642. The van der Waals surface area contributed by atoms with E-state index in [9.17, 15) is 13.2 Å². The van der Waals surface area contributed by atoms with Gasteiger partial charge in [0, 0.05) is 26.2 Å². The van der Waals surface area contributed by atoms with Crippen molar-refractivity contribution in [2.45, 2.75) is 22.4 Å². The molecule has 1 aromatic carbocycles. The summed E-state index contributed by atoms with van der Waals surface area (Å²) in [5.41, 5.74) is 0. The molecule has 2 heterocycles. The number of benzene rings is 1. The Hall–Kier alpha value is -1.70. The summed E-state index contributed by atoms with van der Waals surface area (Å²) >= 11 is 1.05. The van der Waals surface area contributed by atoms with Crippen LogP contribution in [0.5, 0.6) is 0 Å². The Bertz CT molecular complexity index is 823. The molecule has 0 unspecified atom stereocenters. The molecule has 0 bridgehead atoms. The van der Waals surface area contributed by atoms with Crippen molar-refractivity contribution in [1.29, 1.82) is 0 Å². The Morgan fingerprint density at radius 2 is 1.72 bits per heavy atom.